The molecule has 0 amide bonds. The van der Waals surface area contributed by atoms with Crippen molar-refractivity contribution in [3.63, 3.8) is 0 Å². The molecule has 0 aliphatic carbocycles. The summed E-state index contributed by atoms with van der Waals surface area (Å²) in [6.45, 7) is 2.49. The highest BCUT2D eigenvalue weighted by atomic mass is 16.4. The Balaban J connectivity index is 2.60. The van der Waals surface area contributed by atoms with E-state index in [-0.39, 0.29) is 10.9 Å². The molecule has 0 fully saturated rings. The van der Waals surface area contributed by atoms with Crippen LogP contribution in [0.4, 0.5) is 0 Å². The van der Waals surface area contributed by atoms with Crippen LogP contribution in [0.25, 0.3) is 10.9 Å². The van der Waals surface area contributed by atoms with Gasteiger partial charge in [-0.25, -0.2) is 14.4 Å². The van der Waals surface area contributed by atoms with Crippen LogP contribution in [0.3, 0.4) is 0 Å². The summed E-state index contributed by atoms with van der Waals surface area (Å²) in [5.41, 5.74) is -0.407. The summed E-state index contributed by atoms with van der Waals surface area (Å²) in [5, 5.41) is 9.04. The topological polar surface area (TPSA) is 89.5 Å². The third kappa shape index (κ3) is 2.64. The van der Waals surface area contributed by atoms with Crippen LogP contribution in [0.1, 0.15) is 36.5 Å². The Labute approximate surface area is 114 Å². The fourth-order valence-corrected chi connectivity index (χ4v) is 2.09. The van der Waals surface area contributed by atoms with E-state index in [9.17, 15) is 14.4 Å². The number of carboxylic acids is 1. The zero-order chi connectivity index (χ0) is 14.7. The summed E-state index contributed by atoms with van der Waals surface area (Å²) in [7, 11) is 0. The molecule has 1 aromatic carbocycles. The molecule has 0 spiro atoms. The van der Waals surface area contributed by atoms with Crippen molar-refractivity contribution >= 4 is 16.9 Å². The number of carboxylic acid groups (broad SMARTS) is 1. The second-order valence-electron chi connectivity index (χ2n) is 4.55. The molecule has 0 aliphatic rings. The molecule has 0 bridgehead atoms. The first kappa shape index (κ1) is 14.0. The average Bonchev–Trinajstić information content (AvgIpc) is 2.42. The molecule has 2 aromatic rings. The maximum atomic E-state index is 11.7. The Morgan fingerprint density at radius 3 is 2.70 bits per heavy atom. The molecule has 1 heterocycles. The number of nitrogens with zero attached hydrogens (tertiary/aromatic N) is 1. The van der Waals surface area contributed by atoms with Crippen molar-refractivity contribution in [2.75, 3.05) is 0 Å². The summed E-state index contributed by atoms with van der Waals surface area (Å²) in [6, 6.07) is 4.09. The van der Waals surface area contributed by atoms with Gasteiger partial charge in [0.25, 0.3) is 0 Å². The van der Waals surface area contributed by atoms with Gasteiger partial charge in [-0.15, -0.1) is 0 Å². The predicted octanol–water partition coefficient (Wildman–Crippen LogP) is 1.84. The first-order valence-electron chi connectivity index (χ1n) is 6.45. The summed E-state index contributed by atoms with van der Waals surface area (Å²) < 4.78 is 6.02. The molecule has 6 nitrogen and oxygen atoms in total. The molecule has 0 atom stereocenters. The number of rotatable bonds is 5. The van der Waals surface area contributed by atoms with Crippen molar-refractivity contribution in [1.82, 2.24) is 4.57 Å². The van der Waals surface area contributed by atoms with Crippen LogP contribution in [-0.2, 0) is 6.54 Å². The van der Waals surface area contributed by atoms with Gasteiger partial charge in [-0.05, 0) is 24.6 Å². The monoisotopic (exact) mass is 277 g/mol. The molecule has 1 aromatic heterocycles. The zero-order valence-electron chi connectivity index (χ0n) is 11.1. The molecule has 0 saturated carbocycles. The van der Waals surface area contributed by atoms with Crippen LogP contribution < -0.4 is 11.4 Å². The minimum atomic E-state index is -1.13. The second-order valence-corrected chi connectivity index (χ2v) is 4.55. The van der Waals surface area contributed by atoms with Crippen LogP contribution in [0.2, 0.25) is 0 Å². The number of aryl methyl sites for hydroxylation is 1. The third-order valence-electron chi connectivity index (χ3n) is 3.14. The SMILES string of the molecule is CCCCCn1c(=O)oc(=O)c2cc(C(=O)O)ccc21. The lowest BCUT2D eigenvalue weighted by atomic mass is 10.1. The number of hydrogen-bond acceptors (Lipinski definition) is 4. The predicted molar refractivity (Wildman–Crippen MR) is 73.2 cm³/mol. The van der Waals surface area contributed by atoms with E-state index in [4.69, 9.17) is 5.11 Å². The number of carbonyl (C=O) groups is 1. The molecule has 2 rings (SSSR count). The van der Waals surface area contributed by atoms with Crippen molar-refractivity contribution < 1.29 is 14.3 Å². The molecular weight excluding hydrogens is 262 g/mol. The van der Waals surface area contributed by atoms with Crippen LogP contribution >= 0.6 is 0 Å². The Kier molecular flexibility index (Phi) is 4.02. The summed E-state index contributed by atoms with van der Waals surface area (Å²) in [6.07, 6.45) is 2.76. The third-order valence-corrected chi connectivity index (χ3v) is 3.14. The van der Waals surface area contributed by atoms with Gasteiger partial charge < -0.3 is 9.52 Å². The van der Waals surface area contributed by atoms with E-state index in [1.54, 1.807) is 0 Å². The van der Waals surface area contributed by atoms with Crippen molar-refractivity contribution in [3.8, 4) is 0 Å². The quantitative estimate of drug-likeness (QED) is 0.842. The fourth-order valence-electron chi connectivity index (χ4n) is 2.09. The van der Waals surface area contributed by atoms with E-state index in [1.165, 1.54) is 22.8 Å². The summed E-state index contributed by atoms with van der Waals surface area (Å²) >= 11 is 0. The highest BCUT2D eigenvalue weighted by Gasteiger charge is 2.12. The molecule has 1 N–H and O–H groups in total. The molecule has 0 aliphatic heterocycles. The standard InChI is InChI=1S/C14H15NO5/c1-2-3-4-7-15-11-6-5-9(12(16)17)8-10(11)13(18)20-14(15)19/h5-6,8H,2-4,7H2,1H3,(H,16,17). The molecule has 0 radical (unpaired) electrons. The lowest BCUT2D eigenvalue weighted by molar-refractivity contribution is 0.0697. The lowest BCUT2D eigenvalue weighted by Gasteiger charge is -2.08. The first-order chi connectivity index (χ1) is 9.54. The number of unbranched alkanes of at least 4 members (excludes halogenated alkanes) is 2. The number of fused-ring (bicyclic) bond motifs is 1. The molecule has 6 heteroatoms. The Morgan fingerprint density at radius 1 is 1.30 bits per heavy atom. The molecule has 106 valence electrons. The highest BCUT2D eigenvalue weighted by Crippen LogP contribution is 2.12. The van der Waals surface area contributed by atoms with E-state index in [1.807, 2.05) is 6.92 Å². The van der Waals surface area contributed by atoms with Gasteiger partial charge in [-0.3, -0.25) is 4.57 Å². The normalized spacial score (nSPS) is 10.8. The maximum absolute atomic E-state index is 11.7. The van der Waals surface area contributed by atoms with Gasteiger partial charge in [0.05, 0.1) is 16.5 Å². The van der Waals surface area contributed by atoms with Crippen LogP contribution in [0, 0.1) is 0 Å². The highest BCUT2D eigenvalue weighted by molar-refractivity contribution is 5.92. The van der Waals surface area contributed by atoms with E-state index >= 15 is 0 Å². The zero-order valence-corrected chi connectivity index (χ0v) is 11.1. The number of hydrogen-bond donors (Lipinski definition) is 1. The fraction of sp³-hybridized carbons (Fsp3) is 0.357. The van der Waals surface area contributed by atoms with Gasteiger partial charge in [-0.2, -0.15) is 0 Å². The van der Waals surface area contributed by atoms with Crippen LogP contribution in [-0.4, -0.2) is 15.6 Å². The summed E-state index contributed by atoms with van der Waals surface area (Å²) in [5.74, 6) is -1.84. The minimum Gasteiger partial charge on any atom is -0.478 e. The largest absolute Gasteiger partial charge is 0.478 e. The van der Waals surface area contributed by atoms with Gasteiger partial charge >= 0.3 is 17.4 Å². The number of benzene rings is 1. The average molecular weight is 277 g/mol. The lowest BCUT2D eigenvalue weighted by Crippen LogP contribution is -2.25. The van der Waals surface area contributed by atoms with Gasteiger partial charge in [0.2, 0.25) is 0 Å². The Bertz CT molecular complexity index is 756. The van der Waals surface area contributed by atoms with Crippen molar-refractivity contribution in [3.05, 3.63) is 44.7 Å². The minimum absolute atomic E-state index is 0.0106. The summed E-state index contributed by atoms with van der Waals surface area (Å²) in [4.78, 5) is 34.3. The molecule has 0 saturated heterocycles. The van der Waals surface area contributed by atoms with Crippen molar-refractivity contribution in [1.29, 1.82) is 0 Å². The molecule has 20 heavy (non-hydrogen) atoms. The molecular formula is C14H15NO5. The van der Waals surface area contributed by atoms with E-state index < -0.39 is 17.4 Å². The maximum Gasteiger partial charge on any atom is 0.422 e. The second kappa shape index (κ2) is 5.73. The van der Waals surface area contributed by atoms with Gasteiger partial charge in [-0.1, -0.05) is 19.8 Å². The first-order valence-corrected chi connectivity index (χ1v) is 6.45. The van der Waals surface area contributed by atoms with E-state index in [0.29, 0.717) is 12.1 Å². The Morgan fingerprint density at radius 2 is 2.05 bits per heavy atom. The van der Waals surface area contributed by atoms with Gasteiger partial charge in [0.15, 0.2) is 0 Å². The van der Waals surface area contributed by atoms with E-state index in [2.05, 4.69) is 4.42 Å². The van der Waals surface area contributed by atoms with Crippen LogP contribution in [0.15, 0.2) is 32.2 Å². The number of aromatic nitrogens is 1. The van der Waals surface area contributed by atoms with E-state index in [0.717, 1.165) is 19.3 Å². The Hall–Kier alpha value is -2.37. The van der Waals surface area contributed by atoms with Crippen LogP contribution in [0.5, 0.6) is 0 Å². The smallest absolute Gasteiger partial charge is 0.422 e. The molecule has 0 unspecified atom stereocenters. The van der Waals surface area contributed by atoms with Crippen molar-refractivity contribution in [2.45, 2.75) is 32.7 Å². The number of aromatic carboxylic acids is 1. The van der Waals surface area contributed by atoms with Gasteiger partial charge in [0, 0.05) is 6.54 Å². The van der Waals surface area contributed by atoms with Crippen molar-refractivity contribution in [2.24, 2.45) is 0 Å². The van der Waals surface area contributed by atoms with Gasteiger partial charge in [0.1, 0.15) is 0 Å².